The van der Waals surface area contributed by atoms with Crippen molar-refractivity contribution in [1.82, 2.24) is 10.2 Å². The van der Waals surface area contributed by atoms with E-state index >= 15 is 0 Å². The van der Waals surface area contributed by atoms with Gasteiger partial charge in [-0.3, -0.25) is 13.9 Å². The van der Waals surface area contributed by atoms with Crippen LogP contribution in [0.1, 0.15) is 25.0 Å². The molecule has 0 saturated carbocycles. The van der Waals surface area contributed by atoms with Crippen molar-refractivity contribution in [2.45, 2.75) is 38.9 Å². The van der Waals surface area contributed by atoms with Crippen molar-refractivity contribution in [3.05, 3.63) is 101 Å². The monoisotopic (exact) mass is 541 g/mol. The minimum Gasteiger partial charge on any atom is -0.352 e. The van der Waals surface area contributed by atoms with Gasteiger partial charge in [0, 0.05) is 24.0 Å². The normalized spacial score (nSPS) is 12.1. The third kappa shape index (κ3) is 8.06. The summed E-state index contributed by atoms with van der Waals surface area (Å²) in [6.07, 6.45) is 1.30. The zero-order valence-electron chi connectivity index (χ0n) is 21.2. The summed E-state index contributed by atoms with van der Waals surface area (Å²) in [4.78, 5) is 28.8. The summed E-state index contributed by atoms with van der Waals surface area (Å²) >= 11 is 6.43. The fourth-order valence-electron chi connectivity index (χ4n) is 3.95. The van der Waals surface area contributed by atoms with Gasteiger partial charge in [0.15, 0.2) is 0 Å². The molecule has 1 atom stereocenters. The second-order valence-electron chi connectivity index (χ2n) is 9.09. The van der Waals surface area contributed by atoms with Crippen LogP contribution in [0.15, 0.2) is 84.9 Å². The van der Waals surface area contributed by atoms with Gasteiger partial charge in [0.25, 0.3) is 0 Å². The number of para-hydroxylation sites is 1. The Labute approximate surface area is 224 Å². The summed E-state index contributed by atoms with van der Waals surface area (Å²) in [7, 11) is -3.79. The third-order valence-corrected chi connectivity index (χ3v) is 7.23. The molecule has 0 heterocycles. The van der Waals surface area contributed by atoms with E-state index in [1.807, 2.05) is 44.2 Å². The van der Waals surface area contributed by atoms with Crippen molar-refractivity contribution < 1.29 is 18.0 Å². The quantitative estimate of drug-likeness (QED) is 0.393. The van der Waals surface area contributed by atoms with Crippen LogP contribution < -0.4 is 9.62 Å². The Morgan fingerprint density at radius 2 is 1.46 bits per heavy atom. The number of benzene rings is 3. The van der Waals surface area contributed by atoms with Crippen molar-refractivity contribution in [2.75, 3.05) is 17.1 Å². The molecule has 7 nitrogen and oxygen atoms in total. The van der Waals surface area contributed by atoms with E-state index in [0.717, 1.165) is 16.1 Å². The summed E-state index contributed by atoms with van der Waals surface area (Å²) in [5.41, 5.74) is 1.88. The second-order valence-corrected chi connectivity index (χ2v) is 11.4. The first-order valence-corrected chi connectivity index (χ1v) is 14.2. The Morgan fingerprint density at radius 1 is 0.892 bits per heavy atom. The van der Waals surface area contributed by atoms with E-state index in [1.54, 1.807) is 54.6 Å². The highest BCUT2D eigenvalue weighted by Gasteiger charge is 2.33. The van der Waals surface area contributed by atoms with E-state index in [-0.39, 0.29) is 24.9 Å². The van der Waals surface area contributed by atoms with Crippen LogP contribution in [-0.2, 0) is 32.6 Å². The Hall–Kier alpha value is -3.36. The summed E-state index contributed by atoms with van der Waals surface area (Å²) in [6, 6.07) is 23.9. The molecule has 37 heavy (non-hydrogen) atoms. The van der Waals surface area contributed by atoms with Crippen LogP contribution in [0.4, 0.5) is 5.69 Å². The number of nitrogens with one attached hydrogen (secondary N) is 1. The van der Waals surface area contributed by atoms with E-state index < -0.39 is 28.5 Å². The van der Waals surface area contributed by atoms with Crippen LogP contribution in [0.2, 0.25) is 5.02 Å². The van der Waals surface area contributed by atoms with Crippen LogP contribution in [-0.4, -0.2) is 50.0 Å². The summed E-state index contributed by atoms with van der Waals surface area (Å²) < 4.78 is 26.4. The zero-order chi connectivity index (χ0) is 27.0. The Bertz CT molecular complexity index is 1300. The van der Waals surface area contributed by atoms with Crippen molar-refractivity contribution in [3.8, 4) is 0 Å². The number of halogens is 1. The number of hydrogen-bond acceptors (Lipinski definition) is 4. The smallest absolute Gasteiger partial charge is 0.244 e. The largest absolute Gasteiger partial charge is 0.352 e. The molecule has 3 rings (SSSR count). The maximum atomic E-state index is 13.9. The van der Waals surface area contributed by atoms with Gasteiger partial charge in [0.1, 0.15) is 12.6 Å². The standard InChI is InChI=1S/C28H32ClN3O4S/c1-21(2)30-28(34)26(18-22-12-6-4-7-13-22)31(19-23-14-10-11-17-25(23)29)27(33)20-32(37(3,35)36)24-15-8-5-9-16-24/h4-17,21,26H,18-20H2,1-3H3,(H,30,34)/t26-/m1/s1. The van der Waals surface area contributed by atoms with Gasteiger partial charge in [-0.05, 0) is 43.2 Å². The number of anilines is 1. The topological polar surface area (TPSA) is 86.8 Å². The van der Waals surface area contributed by atoms with Gasteiger partial charge in [-0.15, -0.1) is 0 Å². The summed E-state index contributed by atoms with van der Waals surface area (Å²) in [6.45, 7) is 3.26. The number of carbonyl (C=O) groups is 2. The van der Waals surface area contributed by atoms with E-state index in [2.05, 4.69) is 5.32 Å². The SMILES string of the molecule is CC(C)NC(=O)[C@@H](Cc1ccccc1)N(Cc1ccccc1Cl)C(=O)CN(c1ccccc1)S(C)(=O)=O. The zero-order valence-corrected chi connectivity index (χ0v) is 22.7. The van der Waals surface area contributed by atoms with E-state index in [1.165, 1.54) is 4.90 Å². The van der Waals surface area contributed by atoms with Crippen LogP contribution >= 0.6 is 11.6 Å². The lowest BCUT2D eigenvalue weighted by molar-refractivity contribution is -0.140. The van der Waals surface area contributed by atoms with E-state index in [4.69, 9.17) is 11.6 Å². The minimum absolute atomic E-state index is 0.0356. The number of hydrogen-bond donors (Lipinski definition) is 1. The maximum Gasteiger partial charge on any atom is 0.244 e. The molecule has 0 unspecified atom stereocenters. The molecule has 0 radical (unpaired) electrons. The molecule has 3 aromatic rings. The molecule has 0 aliphatic carbocycles. The fourth-order valence-corrected chi connectivity index (χ4v) is 5.00. The van der Waals surface area contributed by atoms with Crippen LogP contribution in [0.5, 0.6) is 0 Å². The van der Waals surface area contributed by atoms with Crippen LogP contribution in [0, 0.1) is 0 Å². The number of nitrogens with zero attached hydrogens (tertiary/aromatic N) is 2. The van der Waals surface area contributed by atoms with Crippen molar-refractivity contribution >= 4 is 39.1 Å². The Morgan fingerprint density at radius 3 is 2.03 bits per heavy atom. The molecule has 0 aromatic heterocycles. The lowest BCUT2D eigenvalue weighted by Crippen LogP contribution is -2.54. The molecule has 196 valence electrons. The van der Waals surface area contributed by atoms with Gasteiger partial charge in [-0.2, -0.15) is 0 Å². The average molecular weight is 542 g/mol. The molecular weight excluding hydrogens is 510 g/mol. The molecule has 3 aromatic carbocycles. The minimum atomic E-state index is -3.79. The van der Waals surface area contributed by atoms with Crippen LogP contribution in [0.25, 0.3) is 0 Å². The first kappa shape index (κ1) is 28.2. The van der Waals surface area contributed by atoms with Crippen LogP contribution in [0.3, 0.4) is 0 Å². The Kier molecular flexibility index (Phi) is 9.72. The van der Waals surface area contributed by atoms with Gasteiger partial charge in [0.2, 0.25) is 21.8 Å². The number of amides is 2. The van der Waals surface area contributed by atoms with Gasteiger partial charge < -0.3 is 10.2 Å². The molecule has 0 spiro atoms. The van der Waals surface area contributed by atoms with Gasteiger partial charge >= 0.3 is 0 Å². The van der Waals surface area contributed by atoms with Crippen molar-refractivity contribution in [2.24, 2.45) is 0 Å². The molecule has 0 saturated heterocycles. The average Bonchev–Trinajstić information content (AvgIpc) is 2.85. The molecule has 0 aliphatic rings. The highest BCUT2D eigenvalue weighted by atomic mass is 35.5. The molecule has 9 heteroatoms. The van der Waals surface area contributed by atoms with Gasteiger partial charge in [0.05, 0.1) is 11.9 Å². The van der Waals surface area contributed by atoms with E-state index in [9.17, 15) is 18.0 Å². The molecule has 0 aliphatic heterocycles. The van der Waals surface area contributed by atoms with Gasteiger partial charge in [-0.1, -0.05) is 78.3 Å². The first-order valence-electron chi connectivity index (χ1n) is 12.0. The molecule has 0 bridgehead atoms. The Balaban J connectivity index is 2.05. The summed E-state index contributed by atoms with van der Waals surface area (Å²) in [5.74, 6) is -0.848. The molecule has 2 amide bonds. The molecule has 1 N–H and O–H groups in total. The lowest BCUT2D eigenvalue weighted by atomic mass is 10.0. The predicted molar refractivity (Wildman–Crippen MR) is 148 cm³/mol. The molecule has 0 fully saturated rings. The van der Waals surface area contributed by atoms with Gasteiger partial charge in [-0.25, -0.2) is 8.42 Å². The predicted octanol–water partition coefficient (Wildman–Crippen LogP) is 4.27. The van der Waals surface area contributed by atoms with Crippen molar-refractivity contribution in [1.29, 1.82) is 0 Å². The number of rotatable bonds is 11. The number of sulfonamides is 1. The first-order chi connectivity index (χ1) is 17.6. The van der Waals surface area contributed by atoms with E-state index in [0.29, 0.717) is 16.3 Å². The highest BCUT2D eigenvalue weighted by molar-refractivity contribution is 7.92. The second kappa shape index (κ2) is 12.7. The molecular formula is C28H32ClN3O4S. The maximum absolute atomic E-state index is 13.9. The third-order valence-electron chi connectivity index (χ3n) is 5.72. The van der Waals surface area contributed by atoms with Crippen molar-refractivity contribution in [3.63, 3.8) is 0 Å². The lowest BCUT2D eigenvalue weighted by Gasteiger charge is -2.34. The fraction of sp³-hybridized carbons (Fsp3) is 0.286. The number of carbonyl (C=O) groups excluding carboxylic acids is 2. The highest BCUT2D eigenvalue weighted by Crippen LogP contribution is 2.22. The summed E-state index contributed by atoms with van der Waals surface area (Å²) in [5, 5.41) is 3.37.